The van der Waals surface area contributed by atoms with Crippen LogP contribution in [0.5, 0.6) is 0 Å². The van der Waals surface area contributed by atoms with Crippen molar-refractivity contribution in [3.63, 3.8) is 0 Å². The van der Waals surface area contributed by atoms with Crippen molar-refractivity contribution in [1.29, 1.82) is 0 Å². The predicted octanol–water partition coefficient (Wildman–Crippen LogP) is 2.58. The second-order valence-electron chi connectivity index (χ2n) is 4.86. The van der Waals surface area contributed by atoms with Gasteiger partial charge in [0, 0.05) is 30.4 Å². The molecule has 1 amide bonds. The lowest BCUT2D eigenvalue weighted by atomic mass is 10.4. The highest BCUT2D eigenvalue weighted by atomic mass is 32.2. The largest absolute Gasteiger partial charge is 0.378 e. The molecule has 0 N–H and O–H groups in total. The molecule has 0 radical (unpaired) electrons. The van der Waals surface area contributed by atoms with Crippen LogP contribution in [0.3, 0.4) is 0 Å². The van der Waals surface area contributed by atoms with E-state index in [0.717, 1.165) is 14.9 Å². The van der Waals surface area contributed by atoms with Gasteiger partial charge in [0.05, 0.1) is 19.0 Å². The van der Waals surface area contributed by atoms with E-state index in [4.69, 9.17) is 4.74 Å². The molecule has 120 valence electrons. The Morgan fingerprint density at radius 3 is 2.52 bits per heavy atom. The van der Waals surface area contributed by atoms with Crippen molar-refractivity contribution in [2.75, 3.05) is 32.1 Å². The van der Waals surface area contributed by atoms with Crippen molar-refractivity contribution >= 4 is 29.4 Å². The molecular formula is C16H17N3O2S2. The summed E-state index contributed by atoms with van der Waals surface area (Å²) in [5.74, 6) is 0.501. The maximum atomic E-state index is 12.2. The molecule has 5 nitrogen and oxygen atoms in total. The monoisotopic (exact) mass is 347 g/mol. The van der Waals surface area contributed by atoms with Gasteiger partial charge < -0.3 is 9.64 Å². The van der Waals surface area contributed by atoms with Gasteiger partial charge in [-0.05, 0) is 12.1 Å². The van der Waals surface area contributed by atoms with Crippen LogP contribution in [0, 0.1) is 0 Å². The lowest BCUT2D eigenvalue weighted by molar-refractivity contribution is -0.132. The Kier molecular flexibility index (Phi) is 5.90. The Morgan fingerprint density at radius 1 is 1.09 bits per heavy atom. The number of benzene rings is 1. The van der Waals surface area contributed by atoms with Gasteiger partial charge >= 0.3 is 0 Å². The average molecular weight is 347 g/mol. The second kappa shape index (κ2) is 8.33. The molecule has 2 heterocycles. The third-order valence-electron chi connectivity index (χ3n) is 3.29. The molecule has 0 atom stereocenters. The fourth-order valence-electron chi connectivity index (χ4n) is 2.12. The first-order valence-corrected chi connectivity index (χ1v) is 9.15. The maximum Gasteiger partial charge on any atom is 0.233 e. The number of ether oxygens (including phenoxy) is 1. The van der Waals surface area contributed by atoms with Crippen LogP contribution < -0.4 is 0 Å². The summed E-state index contributed by atoms with van der Waals surface area (Å²) in [6.45, 7) is 2.59. The Labute approximate surface area is 143 Å². The minimum Gasteiger partial charge on any atom is -0.378 e. The van der Waals surface area contributed by atoms with Crippen LogP contribution in [0.1, 0.15) is 0 Å². The van der Waals surface area contributed by atoms with Gasteiger partial charge in [0.2, 0.25) is 5.91 Å². The zero-order valence-corrected chi connectivity index (χ0v) is 14.2. The third kappa shape index (κ3) is 4.70. The predicted molar refractivity (Wildman–Crippen MR) is 90.7 cm³/mol. The van der Waals surface area contributed by atoms with Crippen LogP contribution in [0.4, 0.5) is 0 Å². The molecule has 1 aromatic carbocycles. The van der Waals surface area contributed by atoms with E-state index in [1.54, 1.807) is 24.2 Å². The molecule has 1 saturated heterocycles. The molecule has 1 fully saturated rings. The SMILES string of the molecule is O=C(CSc1nccnc1Sc1ccccc1)N1CCOCC1. The van der Waals surface area contributed by atoms with E-state index in [1.165, 1.54) is 11.8 Å². The number of hydrogen-bond donors (Lipinski definition) is 0. The lowest BCUT2D eigenvalue weighted by Crippen LogP contribution is -2.41. The molecule has 2 aromatic rings. The van der Waals surface area contributed by atoms with Gasteiger partial charge in [0.1, 0.15) is 10.1 Å². The zero-order chi connectivity index (χ0) is 15.9. The Bertz CT molecular complexity index is 649. The van der Waals surface area contributed by atoms with Crippen LogP contribution in [0.2, 0.25) is 0 Å². The molecule has 0 saturated carbocycles. The van der Waals surface area contributed by atoms with E-state index in [-0.39, 0.29) is 5.91 Å². The van der Waals surface area contributed by atoms with E-state index < -0.39 is 0 Å². The van der Waals surface area contributed by atoms with Gasteiger partial charge in [-0.2, -0.15) is 0 Å². The van der Waals surface area contributed by atoms with Gasteiger partial charge in [-0.15, -0.1) is 0 Å². The van der Waals surface area contributed by atoms with E-state index in [0.29, 0.717) is 32.1 Å². The first kappa shape index (κ1) is 16.3. The van der Waals surface area contributed by atoms with Crippen LogP contribution in [-0.4, -0.2) is 52.8 Å². The smallest absolute Gasteiger partial charge is 0.233 e. The summed E-state index contributed by atoms with van der Waals surface area (Å²) < 4.78 is 5.27. The highest BCUT2D eigenvalue weighted by Crippen LogP contribution is 2.32. The topological polar surface area (TPSA) is 55.3 Å². The fraction of sp³-hybridized carbons (Fsp3) is 0.312. The summed E-state index contributed by atoms with van der Waals surface area (Å²) in [4.78, 5) is 24.0. The number of rotatable bonds is 5. The first-order valence-electron chi connectivity index (χ1n) is 7.35. The van der Waals surface area contributed by atoms with Gasteiger partial charge in [0.15, 0.2) is 0 Å². The Hall–Kier alpha value is -1.57. The molecule has 0 bridgehead atoms. The Balaban J connectivity index is 1.62. The minimum absolute atomic E-state index is 0.125. The van der Waals surface area contributed by atoms with E-state index >= 15 is 0 Å². The van der Waals surface area contributed by atoms with Gasteiger partial charge in [-0.1, -0.05) is 41.7 Å². The molecule has 23 heavy (non-hydrogen) atoms. The summed E-state index contributed by atoms with van der Waals surface area (Å²) in [6, 6.07) is 10.0. The summed E-state index contributed by atoms with van der Waals surface area (Å²) in [6.07, 6.45) is 3.34. The summed E-state index contributed by atoms with van der Waals surface area (Å²) in [5.41, 5.74) is 0. The summed E-state index contributed by atoms with van der Waals surface area (Å²) in [7, 11) is 0. The third-order valence-corrected chi connectivity index (χ3v) is 5.38. The van der Waals surface area contributed by atoms with Crippen molar-refractivity contribution in [2.45, 2.75) is 14.9 Å². The highest BCUT2D eigenvalue weighted by molar-refractivity contribution is 8.02. The molecule has 0 aliphatic carbocycles. The van der Waals surface area contributed by atoms with Crippen molar-refractivity contribution in [1.82, 2.24) is 14.9 Å². The van der Waals surface area contributed by atoms with E-state index in [1.807, 2.05) is 35.2 Å². The minimum atomic E-state index is 0.125. The maximum absolute atomic E-state index is 12.2. The molecule has 3 rings (SSSR count). The number of morpholine rings is 1. The van der Waals surface area contributed by atoms with Crippen LogP contribution >= 0.6 is 23.5 Å². The molecule has 0 unspecified atom stereocenters. The summed E-state index contributed by atoms with van der Waals surface area (Å²) >= 11 is 3.00. The lowest BCUT2D eigenvalue weighted by Gasteiger charge is -2.26. The van der Waals surface area contributed by atoms with Crippen LogP contribution in [0.25, 0.3) is 0 Å². The number of aromatic nitrogens is 2. The van der Waals surface area contributed by atoms with E-state index in [2.05, 4.69) is 9.97 Å². The molecule has 0 spiro atoms. The van der Waals surface area contributed by atoms with Crippen molar-refractivity contribution in [2.24, 2.45) is 0 Å². The number of carbonyl (C=O) groups is 1. The number of amides is 1. The molecular weight excluding hydrogens is 330 g/mol. The quantitative estimate of drug-likeness (QED) is 0.775. The normalized spacial score (nSPS) is 14.7. The van der Waals surface area contributed by atoms with Gasteiger partial charge in [0.25, 0.3) is 0 Å². The molecule has 1 aliphatic rings. The van der Waals surface area contributed by atoms with Crippen molar-refractivity contribution in [3.05, 3.63) is 42.7 Å². The van der Waals surface area contributed by atoms with Crippen molar-refractivity contribution < 1.29 is 9.53 Å². The second-order valence-corrected chi connectivity index (χ2v) is 6.89. The van der Waals surface area contributed by atoms with Crippen LogP contribution in [-0.2, 0) is 9.53 Å². The molecule has 7 heteroatoms. The Morgan fingerprint density at radius 2 is 1.78 bits per heavy atom. The number of hydrogen-bond acceptors (Lipinski definition) is 6. The van der Waals surface area contributed by atoms with Crippen molar-refractivity contribution in [3.8, 4) is 0 Å². The zero-order valence-electron chi connectivity index (χ0n) is 12.6. The number of carbonyl (C=O) groups excluding carboxylic acids is 1. The van der Waals surface area contributed by atoms with Gasteiger partial charge in [-0.3, -0.25) is 4.79 Å². The number of thioether (sulfide) groups is 1. The summed E-state index contributed by atoms with van der Waals surface area (Å²) in [5, 5.41) is 1.63. The van der Waals surface area contributed by atoms with Gasteiger partial charge in [-0.25, -0.2) is 9.97 Å². The van der Waals surface area contributed by atoms with Crippen LogP contribution in [0.15, 0.2) is 57.7 Å². The number of nitrogens with zero attached hydrogens (tertiary/aromatic N) is 3. The molecule has 1 aliphatic heterocycles. The van der Waals surface area contributed by atoms with E-state index in [9.17, 15) is 4.79 Å². The standard InChI is InChI=1S/C16H17N3O2S2/c20-14(19-8-10-21-11-9-19)12-22-15-16(18-7-6-17-15)23-13-4-2-1-3-5-13/h1-7H,8-12H2. The fourth-order valence-corrected chi connectivity index (χ4v) is 3.94. The molecule has 1 aromatic heterocycles. The first-order chi connectivity index (χ1) is 11.3. The highest BCUT2D eigenvalue weighted by Gasteiger charge is 2.18. The average Bonchev–Trinajstić information content (AvgIpc) is 2.62.